The molecule has 0 saturated carbocycles. The molecule has 2 aromatic rings. The highest BCUT2D eigenvalue weighted by molar-refractivity contribution is 5.50. The number of nitro groups is 1. The van der Waals surface area contributed by atoms with Crippen molar-refractivity contribution in [3.05, 3.63) is 57.8 Å². The average molecular weight is 270 g/mol. The van der Waals surface area contributed by atoms with Gasteiger partial charge in [0.1, 0.15) is 17.6 Å². The van der Waals surface area contributed by atoms with Gasteiger partial charge >= 0.3 is 5.69 Å². The Kier molecular flexibility index (Phi) is 3.77. The normalized spacial score (nSPS) is 9.75. The van der Waals surface area contributed by atoms with E-state index in [0.717, 1.165) is 5.56 Å². The molecular formula is C13H10N4O3. The van der Waals surface area contributed by atoms with Crippen molar-refractivity contribution >= 4 is 11.5 Å². The molecule has 0 amide bonds. The fourth-order valence-electron chi connectivity index (χ4n) is 1.59. The van der Waals surface area contributed by atoms with Gasteiger partial charge in [-0.25, -0.2) is 4.98 Å². The quantitative estimate of drug-likeness (QED) is 0.650. The van der Waals surface area contributed by atoms with Gasteiger partial charge in [-0.1, -0.05) is 12.1 Å². The van der Waals surface area contributed by atoms with E-state index in [4.69, 9.17) is 10.4 Å². The van der Waals surface area contributed by atoms with Crippen LogP contribution in [0.5, 0.6) is 5.75 Å². The number of nitrogens with zero attached hydrogens (tertiary/aromatic N) is 3. The zero-order valence-corrected chi connectivity index (χ0v) is 10.3. The van der Waals surface area contributed by atoms with Crippen LogP contribution in [-0.2, 0) is 6.54 Å². The lowest BCUT2D eigenvalue weighted by molar-refractivity contribution is -0.385. The van der Waals surface area contributed by atoms with Crippen molar-refractivity contribution in [1.82, 2.24) is 4.98 Å². The van der Waals surface area contributed by atoms with Crippen molar-refractivity contribution in [1.29, 1.82) is 5.26 Å². The highest BCUT2D eigenvalue weighted by Crippen LogP contribution is 2.18. The minimum absolute atomic E-state index is 0.175. The van der Waals surface area contributed by atoms with Crippen LogP contribution in [0.25, 0.3) is 0 Å². The molecule has 0 aliphatic carbocycles. The fourth-order valence-corrected chi connectivity index (χ4v) is 1.59. The Morgan fingerprint density at radius 1 is 1.30 bits per heavy atom. The number of phenols is 1. The van der Waals surface area contributed by atoms with Crippen LogP contribution in [0, 0.1) is 21.4 Å². The number of nitriles is 1. The predicted molar refractivity (Wildman–Crippen MR) is 71.0 cm³/mol. The number of nitrogens with one attached hydrogen (secondary N) is 1. The number of benzene rings is 1. The Morgan fingerprint density at radius 3 is 2.60 bits per heavy atom. The Morgan fingerprint density at radius 2 is 2.00 bits per heavy atom. The molecule has 1 aromatic carbocycles. The summed E-state index contributed by atoms with van der Waals surface area (Å²) in [5, 5.41) is 31.6. The van der Waals surface area contributed by atoms with Gasteiger partial charge in [0.2, 0.25) is 5.69 Å². The molecule has 0 saturated heterocycles. The zero-order valence-electron chi connectivity index (χ0n) is 10.3. The Balaban J connectivity index is 2.12. The third kappa shape index (κ3) is 3.00. The van der Waals surface area contributed by atoms with Crippen LogP contribution in [0.2, 0.25) is 0 Å². The van der Waals surface area contributed by atoms with Gasteiger partial charge in [-0.05, 0) is 23.8 Å². The number of pyridine rings is 1. The first-order valence-electron chi connectivity index (χ1n) is 5.67. The van der Waals surface area contributed by atoms with E-state index in [0.29, 0.717) is 12.4 Å². The lowest BCUT2D eigenvalue weighted by Crippen LogP contribution is -2.03. The van der Waals surface area contributed by atoms with Crippen LogP contribution < -0.4 is 5.32 Å². The van der Waals surface area contributed by atoms with Crippen LogP contribution in [0.4, 0.5) is 11.5 Å². The topological polar surface area (TPSA) is 112 Å². The van der Waals surface area contributed by atoms with E-state index in [1.165, 1.54) is 12.1 Å². The molecule has 0 spiro atoms. The largest absolute Gasteiger partial charge is 0.508 e. The zero-order chi connectivity index (χ0) is 14.5. The van der Waals surface area contributed by atoms with Gasteiger partial charge in [0, 0.05) is 12.6 Å². The molecular weight excluding hydrogens is 260 g/mol. The highest BCUT2D eigenvalue weighted by Gasteiger charge is 2.15. The smallest absolute Gasteiger partial charge is 0.305 e. The lowest BCUT2D eigenvalue weighted by Gasteiger charge is -2.06. The van der Waals surface area contributed by atoms with E-state index in [1.54, 1.807) is 30.3 Å². The Bertz CT molecular complexity index is 677. The molecule has 7 nitrogen and oxygen atoms in total. The van der Waals surface area contributed by atoms with E-state index >= 15 is 0 Å². The number of hydrogen-bond acceptors (Lipinski definition) is 6. The van der Waals surface area contributed by atoms with Gasteiger partial charge in [-0.2, -0.15) is 5.26 Å². The maximum absolute atomic E-state index is 10.7. The molecule has 20 heavy (non-hydrogen) atoms. The van der Waals surface area contributed by atoms with Crippen LogP contribution in [-0.4, -0.2) is 15.0 Å². The van der Waals surface area contributed by atoms with E-state index in [2.05, 4.69) is 10.3 Å². The third-order valence-corrected chi connectivity index (χ3v) is 2.59. The van der Waals surface area contributed by atoms with Crippen LogP contribution in [0.3, 0.4) is 0 Å². The maximum atomic E-state index is 10.7. The van der Waals surface area contributed by atoms with Gasteiger partial charge < -0.3 is 10.4 Å². The summed E-state index contributed by atoms with van der Waals surface area (Å²) in [5.74, 6) is 0.550. The van der Waals surface area contributed by atoms with E-state index < -0.39 is 4.92 Å². The first kappa shape index (κ1) is 13.3. The van der Waals surface area contributed by atoms with Crippen molar-refractivity contribution in [2.75, 3.05) is 5.32 Å². The summed E-state index contributed by atoms with van der Waals surface area (Å²) in [7, 11) is 0. The van der Waals surface area contributed by atoms with E-state index in [9.17, 15) is 10.1 Å². The molecule has 0 radical (unpaired) electrons. The van der Waals surface area contributed by atoms with Crippen molar-refractivity contribution in [3.8, 4) is 11.8 Å². The lowest BCUT2D eigenvalue weighted by atomic mass is 10.2. The Hall–Kier alpha value is -3.14. The summed E-state index contributed by atoms with van der Waals surface area (Å²) < 4.78 is 0. The van der Waals surface area contributed by atoms with Crippen molar-refractivity contribution in [3.63, 3.8) is 0 Å². The van der Waals surface area contributed by atoms with Crippen molar-refractivity contribution in [2.45, 2.75) is 6.54 Å². The highest BCUT2D eigenvalue weighted by atomic mass is 16.6. The third-order valence-electron chi connectivity index (χ3n) is 2.59. The summed E-state index contributed by atoms with van der Waals surface area (Å²) in [5.41, 5.74) is 0.356. The molecule has 0 atom stereocenters. The van der Waals surface area contributed by atoms with Gasteiger partial charge in [-0.3, -0.25) is 10.1 Å². The molecule has 7 heteroatoms. The second-order valence-corrected chi connectivity index (χ2v) is 3.95. The second kappa shape index (κ2) is 5.67. The predicted octanol–water partition coefficient (Wildman–Crippen LogP) is 2.18. The number of rotatable bonds is 4. The van der Waals surface area contributed by atoms with Gasteiger partial charge in [0.15, 0.2) is 0 Å². The minimum atomic E-state index is -0.644. The molecule has 0 bridgehead atoms. The van der Waals surface area contributed by atoms with Crippen LogP contribution in [0.1, 0.15) is 11.3 Å². The first-order chi connectivity index (χ1) is 9.60. The fraction of sp³-hybridized carbons (Fsp3) is 0.0769. The number of aromatic nitrogens is 1. The summed E-state index contributed by atoms with van der Waals surface area (Å²) in [6, 6.07) is 11.0. The number of phenolic OH excluding ortho intramolecular Hbond substituents is 1. The van der Waals surface area contributed by atoms with Gasteiger partial charge in [0.25, 0.3) is 0 Å². The molecule has 1 heterocycles. The molecule has 100 valence electrons. The maximum Gasteiger partial charge on any atom is 0.305 e. The van der Waals surface area contributed by atoms with Gasteiger partial charge in [-0.15, -0.1) is 0 Å². The first-order valence-corrected chi connectivity index (χ1v) is 5.67. The SMILES string of the molecule is N#Cc1nc(NCc2ccc(O)cc2)ccc1[N+](=O)[O-]. The van der Waals surface area contributed by atoms with Gasteiger partial charge in [0.05, 0.1) is 4.92 Å². The van der Waals surface area contributed by atoms with E-state index in [1.807, 2.05) is 0 Å². The monoisotopic (exact) mass is 270 g/mol. The Labute approximate surface area is 114 Å². The van der Waals surface area contributed by atoms with Crippen LogP contribution in [0.15, 0.2) is 36.4 Å². The molecule has 0 unspecified atom stereocenters. The summed E-state index contributed by atoms with van der Waals surface area (Å²) in [4.78, 5) is 13.9. The standard InChI is InChI=1S/C13H10N4O3/c14-7-11-12(17(19)20)5-6-13(16-11)15-8-9-1-3-10(18)4-2-9/h1-6,18H,8H2,(H,15,16). The van der Waals surface area contributed by atoms with Crippen LogP contribution >= 0.6 is 0 Å². The number of aromatic hydroxyl groups is 1. The molecule has 0 fully saturated rings. The summed E-state index contributed by atoms with van der Waals surface area (Å²) in [6.07, 6.45) is 0. The second-order valence-electron chi connectivity index (χ2n) is 3.95. The molecule has 0 aliphatic heterocycles. The average Bonchev–Trinajstić information content (AvgIpc) is 2.46. The minimum Gasteiger partial charge on any atom is -0.508 e. The van der Waals surface area contributed by atoms with E-state index in [-0.39, 0.29) is 17.1 Å². The molecule has 0 aliphatic rings. The summed E-state index contributed by atoms with van der Waals surface area (Å²) >= 11 is 0. The number of anilines is 1. The summed E-state index contributed by atoms with van der Waals surface area (Å²) in [6.45, 7) is 0.427. The van der Waals surface area contributed by atoms with Crippen molar-refractivity contribution < 1.29 is 10.0 Å². The molecule has 1 aromatic heterocycles. The molecule has 2 rings (SSSR count). The van der Waals surface area contributed by atoms with Crippen molar-refractivity contribution in [2.24, 2.45) is 0 Å². The number of hydrogen-bond donors (Lipinski definition) is 2. The molecule has 2 N–H and O–H groups in total.